The van der Waals surface area contributed by atoms with Gasteiger partial charge in [0.1, 0.15) is 0 Å². The highest BCUT2D eigenvalue weighted by Gasteiger charge is 2.14. The zero-order valence-electron chi connectivity index (χ0n) is 13.9. The molecule has 132 valence electrons. The largest absolute Gasteiger partial charge is 0.491 e. The van der Waals surface area contributed by atoms with Gasteiger partial charge in [-0.25, -0.2) is 4.39 Å². The number of amides is 1. The van der Waals surface area contributed by atoms with E-state index in [2.05, 4.69) is 5.32 Å². The van der Waals surface area contributed by atoms with Crippen LogP contribution < -0.4 is 10.1 Å². The number of hydrogen-bond donors (Lipinski definition) is 2. The number of anilines is 1. The Kier molecular flexibility index (Phi) is 6.51. The summed E-state index contributed by atoms with van der Waals surface area (Å²) < 4.78 is 18.7. The van der Waals surface area contributed by atoms with Gasteiger partial charge < -0.3 is 15.2 Å². The molecule has 2 rings (SSSR count). The van der Waals surface area contributed by atoms with Gasteiger partial charge in [-0.2, -0.15) is 0 Å². The number of para-hydroxylation sites is 1. The number of nitrogens with one attached hydrogen (secondary N) is 1. The molecule has 0 aliphatic heterocycles. The highest BCUT2D eigenvalue weighted by Crippen LogP contribution is 2.20. The second kappa shape index (κ2) is 8.82. The molecule has 2 aromatic rings. The zero-order chi connectivity index (χ0) is 18.2. The maximum atomic E-state index is 13.4. The van der Waals surface area contributed by atoms with Crippen molar-refractivity contribution in [1.29, 1.82) is 0 Å². The van der Waals surface area contributed by atoms with Crippen LogP contribution in [0.4, 0.5) is 10.1 Å². The van der Waals surface area contributed by atoms with Gasteiger partial charge in [0, 0.05) is 12.1 Å². The number of ether oxygens (including phenoxy) is 1. The minimum atomic E-state index is -0.922. The Labute approximate surface area is 145 Å². The summed E-state index contributed by atoms with van der Waals surface area (Å²) in [7, 11) is 0. The van der Waals surface area contributed by atoms with Gasteiger partial charge in [-0.1, -0.05) is 24.3 Å². The molecule has 1 atom stereocenters. The number of carbonyl (C=O) groups excluding carboxylic acids is 1. The van der Waals surface area contributed by atoms with E-state index in [4.69, 9.17) is 9.84 Å². The van der Waals surface area contributed by atoms with Gasteiger partial charge in [-0.3, -0.25) is 9.59 Å². The Morgan fingerprint density at radius 1 is 1.20 bits per heavy atom. The number of rotatable bonds is 8. The van der Waals surface area contributed by atoms with Crippen LogP contribution in [0.2, 0.25) is 0 Å². The van der Waals surface area contributed by atoms with Gasteiger partial charge in [0.2, 0.25) is 5.91 Å². The quantitative estimate of drug-likeness (QED) is 0.713. The van der Waals surface area contributed by atoms with E-state index in [0.717, 1.165) is 0 Å². The predicted molar refractivity (Wildman–Crippen MR) is 92.3 cm³/mol. The third-order valence-corrected chi connectivity index (χ3v) is 3.68. The van der Waals surface area contributed by atoms with Crippen molar-refractivity contribution in [2.45, 2.75) is 25.7 Å². The van der Waals surface area contributed by atoms with Crippen molar-refractivity contribution < 1.29 is 23.8 Å². The lowest BCUT2D eigenvalue weighted by atomic mass is 10.0. The Morgan fingerprint density at radius 3 is 2.68 bits per heavy atom. The standard InChI is InChI=1S/C19H20FNO4/c1-13(19(23)24)14-6-4-7-15(12-14)21-18(22)10-5-11-25-17-9-3-2-8-16(17)20/h2-4,6-9,12-13H,5,10-11H2,1H3,(H,21,22)(H,23,24). The molecule has 0 fully saturated rings. The number of carboxylic acids is 1. The molecule has 0 heterocycles. The van der Waals surface area contributed by atoms with E-state index in [1.54, 1.807) is 43.3 Å². The maximum absolute atomic E-state index is 13.4. The van der Waals surface area contributed by atoms with E-state index < -0.39 is 17.7 Å². The Hall–Kier alpha value is -2.89. The summed E-state index contributed by atoms with van der Waals surface area (Å²) in [5.41, 5.74) is 1.17. The van der Waals surface area contributed by atoms with Gasteiger partial charge in [0.25, 0.3) is 0 Å². The summed E-state index contributed by atoms with van der Waals surface area (Å²) in [6.07, 6.45) is 0.651. The zero-order valence-corrected chi connectivity index (χ0v) is 13.9. The highest BCUT2D eigenvalue weighted by molar-refractivity contribution is 5.91. The van der Waals surface area contributed by atoms with Gasteiger partial charge in [0.05, 0.1) is 12.5 Å². The van der Waals surface area contributed by atoms with Crippen molar-refractivity contribution in [3.05, 3.63) is 59.9 Å². The highest BCUT2D eigenvalue weighted by atomic mass is 19.1. The summed E-state index contributed by atoms with van der Waals surface area (Å²) >= 11 is 0. The van der Waals surface area contributed by atoms with Crippen LogP contribution in [0.15, 0.2) is 48.5 Å². The summed E-state index contributed by atoms with van der Waals surface area (Å²) in [5.74, 6) is -2.05. The molecule has 0 bridgehead atoms. The summed E-state index contributed by atoms with van der Waals surface area (Å²) in [4.78, 5) is 23.0. The lowest BCUT2D eigenvalue weighted by molar-refractivity contribution is -0.138. The molecule has 0 aromatic heterocycles. The van der Waals surface area contributed by atoms with Crippen molar-refractivity contribution in [1.82, 2.24) is 0 Å². The third kappa shape index (κ3) is 5.60. The number of carbonyl (C=O) groups is 2. The molecule has 1 unspecified atom stereocenters. The third-order valence-electron chi connectivity index (χ3n) is 3.68. The normalized spacial score (nSPS) is 11.6. The second-order valence-electron chi connectivity index (χ2n) is 5.62. The average Bonchev–Trinajstić information content (AvgIpc) is 2.59. The first-order chi connectivity index (χ1) is 12.0. The summed E-state index contributed by atoms with van der Waals surface area (Å²) in [6, 6.07) is 12.9. The van der Waals surface area contributed by atoms with Crippen molar-refractivity contribution >= 4 is 17.6 Å². The fourth-order valence-electron chi connectivity index (χ4n) is 2.23. The molecule has 0 aliphatic rings. The van der Waals surface area contributed by atoms with Crippen LogP contribution in [0.25, 0.3) is 0 Å². The van der Waals surface area contributed by atoms with E-state index in [9.17, 15) is 14.0 Å². The molecule has 5 nitrogen and oxygen atoms in total. The second-order valence-corrected chi connectivity index (χ2v) is 5.62. The van der Waals surface area contributed by atoms with Crippen molar-refractivity contribution in [3.8, 4) is 5.75 Å². The average molecular weight is 345 g/mol. The van der Waals surface area contributed by atoms with Crippen LogP contribution in [0, 0.1) is 5.82 Å². The molecule has 1 amide bonds. The lowest BCUT2D eigenvalue weighted by Gasteiger charge is -2.10. The van der Waals surface area contributed by atoms with Crippen LogP contribution in [0.5, 0.6) is 5.75 Å². The fourth-order valence-corrected chi connectivity index (χ4v) is 2.23. The summed E-state index contributed by atoms with van der Waals surface area (Å²) in [6.45, 7) is 1.81. The van der Waals surface area contributed by atoms with Gasteiger partial charge >= 0.3 is 5.97 Å². The van der Waals surface area contributed by atoms with Crippen LogP contribution >= 0.6 is 0 Å². The number of halogens is 1. The first kappa shape index (κ1) is 18.4. The molecular weight excluding hydrogens is 325 g/mol. The van der Waals surface area contributed by atoms with Crippen LogP contribution in [-0.4, -0.2) is 23.6 Å². The van der Waals surface area contributed by atoms with Crippen molar-refractivity contribution in [2.75, 3.05) is 11.9 Å². The van der Waals surface area contributed by atoms with Gasteiger partial charge in [0.15, 0.2) is 11.6 Å². The van der Waals surface area contributed by atoms with Crippen molar-refractivity contribution in [3.63, 3.8) is 0 Å². The maximum Gasteiger partial charge on any atom is 0.310 e. The molecule has 0 aliphatic carbocycles. The molecule has 2 N–H and O–H groups in total. The van der Waals surface area contributed by atoms with E-state index in [0.29, 0.717) is 17.7 Å². The molecule has 0 saturated heterocycles. The SMILES string of the molecule is CC(C(=O)O)c1cccc(NC(=O)CCCOc2ccccc2F)c1. The summed E-state index contributed by atoms with van der Waals surface area (Å²) in [5, 5.41) is 11.8. The first-order valence-electron chi connectivity index (χ1n) is 7.97. The minimum Gasteiger partial charge on any atom is -0.491 e. The molecule has 6 heteroatoms. The number of aliphatic carboxylic acids is 1. The Bertz CT molecular complexity index is 748. The van der Waals surface area contributed by atoms with Gasteiger partial charge in [-0.05, 0) is 43.2 Å². The number of benzene rings is 2. The Morgan fingerprint density at radius 2 is 1.96 bits per heavy atom. The van der Waals surface area contributed by atoms with Crippen LogP contribution in [0.3, 0.4) is 0 Å². The molecule has 0 saturated carbocycles. The monoisotopic (exact) mass is 345 g/mol. The van der Waals surface area contributed by atoms with Crippen molar-refractivity contribution in [2.24, 2.45) is 0 Å². The molecule has 25 heavy (non-hydrogen) atoms. The van der Waals surface area contributed by atoms with Gasteiger partial charge in [-0.15, -0.1) is 0 Å². The smallest absolute Gasteiger partial charge is 0.310 e. The lowest BCUT2D eigenvalue weighted by Crippen LogP contribution is -2.14. The first-order valence-corrected chi connectivity index (χ1v) is 7.97. The van der Waals surface area contributed by atoms with E-state index in [-0.39, 0.29) is 24.7 Å². The van der Waals surface area contributed by atoms with E-state index in [1.165, 1.54) is 12.1 Å². The topological polar surface area (TPSA) is 75.6 Å². The number of hydrogen-bond acceptors (Lipinski definition) is 3. The number of carboxylic acid groups (broad SMARTS) is 1. The minimum absolute atomic E-state index is 0.165. The van der Waals surface area contributed by atoms with E-state index in [1.807, 2.05) is 0 Å². The molecule has 2 aromatic carbocycles. The van der Waals surface area contributed by atoms with Crippen LogP contribution in [0.1, 0.15) is 31.2 Å². The molecule has 0 spiro atoms. The predicted octanol–water partition coefficient (Wildman–Crippen LogP) is 3.81. The Balaban J connectivity index is 1.79. The van der Waals surface area contributed by atoms with E-state index >= 15 is 0 Å². The van der Waals surface area contributed by atoms with Crippen LogP contribution in [-0.2, 0) is 9.59 Å². The molecular formula is C19H20FNO4. The molecule has 0 radical (unpaired) electrons. The fraction of sp³-hybridized carbons (Fsp3) is 0.263.